The van der Waals surface area contributed by atoms with E-state index in [9.17, 15) is 9.18 Å². The normalized spacial score (nSPS) is 23.6. The summed E-state index contributed by atoms with van der Waals surface area (Å²) in [6.07, 6.45) is 4.29. The number of carbonyl (C=O) groups excluding carboxylic acids is 1. The SMILES string of the molecule is CNC1CCC(NC(=O)C(C)Sc2ccc(F)cc2)CC1. The number of nitrogens with one attached hydrogen (secondary N) is 2. The van der Waals surface area contributed by atoms with Crippen LogP contribution in [0.4, 0.5) is 4.39 Å². The zero-order valence-corrected chi connectivity index (χ0v) is 13.4. The van der Waals surface area contributed by atoms with Crippen molar-refractivity contribution in [3.05, 3.63) is 30.1 Å². The van der Waals surface area contributed by atoms with Gasteiger partial charge in [-0.25, -0.2) is 4.39 Å². The third-order valence-corrected chi connectivity index (χ3v) is 5.09. The van der Waals surface area contributed by atoms with Gasteiger partial charge in [-0.2, -0.15) is 0 Å². The van der Waals surface area contributed by atoms with Crippen LogP contribution in [0.5, 0.6) is 0 Å². The van der Waals surface area contributed by atoms with Crippen LogP contribution in [0.1, 0.15) is 32.6 Å². The van der Waals surface area contributed by atoms with Gasteiger partial charge in [0.2, 0.25) is 5.91 Å². The Balaban J connectivity index is 1.78. The molecule has 0 heterocycles. The van der Waals surface area contributed by atoms with Gasteiger partial charge in [0, 0.05) is 17.0 Å². The monoisotopic (exact) mass is 310 g/mol. The number of halogens is 1. The van der Waals surface area contributed by atoms with Gasteiger partial charge in [-0.3, -0.25) is 4.79 Å². The Kier molecular flexibility index (Phi) is 6.06. The predicted octanol–water partition coefficient (Wildman–Crippen LogP) is 2.95. The van der Waals surface area contributed by atoms with Crippen LogP contribution in [-0.4, -0.2) is 30.3 Å². The van der Waals surface area contributed by atoms with Gasteiger partial charge in [0.15, 0.2) is 0 Å². The number of rotatable bonds is 5. The fourth-order valence-electron chi connectivity index (χ4n) is 2.62. The van der Waals surface area contributed by atoms with Gasteiger partial charge < -0.3 is 10.6 Å². The summed E-state index contributed by atoms with van der Waals surface area (Å²) in [4.78, 5) is 13.1. The van der Waals surface area contributed by atoms with Gasteiger partial charge in [0.1, 0.15) is 5.82 Å². The van der Waals surface area contributed by atoms with Crippen LogP contribution in [0.15, 0.2) is 29.2 Å². The Labute approximate surface area is 130 Å². The summed E-state index contributed by atoms with van der Waals surface area (Å²) in [6.45, 7) is 1.89. The number of hydrogen-bond acceptors (Lipinski definition) is 3. The van der Waals surface area contributed by atoms with Gasteiger partial charge >= 0.3 is 0 Å². The molecule has 0 spiro atoms. The van der Waals surface area contributed by atoms with Gasteiger partial charge in [-0.1, -0.05) is 0 Å². The van der Waals surface area contributed by atoms with Gasteiger partial charge in [-0.15, -0.1) is 11.8 Å². The van der Waals surface area contributed by atoms with Gasteiger partial charge in [0.05, 0.1) is 5.25 Å². The molecule has 21 heavy (non-hydrogen) atoms. The average molecular weight is 310 g/mol. The van der Waals surface area contributed by atoms with Crippen molar-refractivity contribution in [1.29, 1.82) is 0 Å². The summed E-state index contributed by atoms with van der Waals surface area (Å²) < 4.78 is 12.9. The molecule has 1 aliphatic carbocycles. The molecular weight excluding hydrogens is 287 g/mol. The van der Waals surface area contributed by atoms with E-state index < -0.39 is 0 Å². The molecule has 0 aliphatic heterocycles. The summed E-state index contributed by atoms with van der Waals surface area (Å²) in [6, 6.07) is 7.14. The summed E-state index contributed by atoms with van der Waals surface area (Å²) in [7, 11) is 1.99. The van der Waals surface area contributed by atoms with Crippen molar-refractivity contribution in [2.24, 2.45) is 0 Å². The molecule has 2 rings (SSSR count). The minimum Gasteiger partial charge on any atom is -0.352 e. The van der Waals surface area contributed by atoms with Crippen molar-refractivity contribution in [3.8, 4) is 0 Å². The largest absolute Gasteiger partial charge is 0.352 e. The lowest BCUT2D eigenvalue weighted by molar-refractivity contribution is -0.121. The molecule has 1 aliphatic rings. The first-order chi connectivity index (χ1) is 10.1. The smallest absolute Gasteiger partial charge is 0.233 e. The second-order valence-corrected chi connectivity index (χ2v) is 6.97. The standard InChI is InChI=1S/C16H23FN2OS/c1-11(21-15-9-3-12(17)4-10-15)16(20)19-14-7-5-13(18-2)6-8-14/h3-4,9-11,13-14,18H,5-8H2,1-2H3,(H,19,20). The maximum atomic E-state index is 12.9. The molecule has 116 valence electrons. The minimum atomic E-state index is -0.252. The molecule has 0 radical (unpaired) electrons. The number of hydrogen-bond donors (Lipinski definition) is 2. The summed E-state index contributed by atoms with van der Waals surface area (Å²) in [5.74, 6) is -0.185. The van der Waals surface area contributed by atoms with E-state index in [-0.39, 0.29) is 17.0 Å². The first-order valence-corrected chi connectivity index (χ1v) is 8.36. The van der Waals surface area contributed by atoms with Crippen LogP contribution >= 0.6 is 11.8 Å². The van der Waals surface area contributed by atoms with E-state index in [1.54, 1.807) is 12.1 Å². The Morgan fingerprint density at radius 1 is 1.19 bits per heavy atom. The van der Waals surface area contributed by atoms with E-state index in [2.05, 4.69) is 10.6 Å². The average Bonchev–Trinajstić information content (AvgIpc) is 2.50. The van der Waals surface area contributed by atoms with Crippen molar-refractivity contribution < 1.29 is 9.18 Å². The lowest BCUT2D eigenvalue weighted by atomic mass is 9.91. The predicted molar refractivity (Wildman–Crippen MR) is 85.0 cm³/mol. The maximum Gasteiger partial charge on any atom is 0.233 e. The van der Waals surface area contributed by atoms with Crippen LogP contribution in [0, 0.1) is 5.82 Å². The molecule has 1 unspecified atom stereocenters. The third kappa shape index (κ3) is 5.00. The Hall–Kier alpha value is -1.07. The summed E-state index contributed by atoms with van der Waals surface area (Å²) in [5.41, 5.74) is 0. The summed E-state index contributed by atoms with van der Waals surface area (Å²) >= 11 is 1.46. The van der Waals surface area contributed by atoms with E-state index in [1.165, 1.54) is 23.9 Å². The molecule has 0 saturated heterocycles. The van der Waals surface area contributed by atoms with Crippen LogP contribution in [0.3, 0.4) is 0 Å². The molecule has 5 heteroatoms. The third-order valence-electron chi connectivity index (χ3n) is 3.98. The van der Waals surface area contributed by atoms with E-state index >= 15 is 0 Å². The summed E-state index contributed by atoms with van der Waals surface area (Å²) in [5, 5.41) is 6.25. The van der Waals surface area contributed by atoms with Crippen LogP contribution in [0.25, 0.3) is 0 Å². The van der Waals surface area contributed by atoms with Crippen LogP contribution in [-0.2, 0) is 4.79 Å². The van der Waals surface area contributed by atoms with Gasteiger partial charge in [-0.05, 0) is 63.9 Å². The first-order valence-electron chi connectivity index (χ1n) is 7.48. The van der Waals surface area contributed by atoms with E-state index in [0.29, 0.717) is 12.1 Å². The van der Waals surface area contributed by atoms with Gasteiger partial charge in [0.25, 0.3) is 0 Å². The highest BCUT2D eigenvalue weighted by Crippen LogP contribution is 2.24. The highest BCUT2D eigenvalue weighted by Gasteiger charge is 2.23. The quantitative estimate of drug-likeness (QED) is 0.822. The molecule has 1 aromatic carbocycles. The molecule has 1 aromatic rings. The minimum absolute atomic E-state index is 0.0669. The van der Waals surface area contributed by atoms with E-state index in [0.717, 1.165) is 30.6 Å². The molecule has 1 atom stereocenters. The number of carbonyl (C=O) groups is 1. The van der Waals surface area contributed by atoms with Crippen LogP contribution < -0.4 is 10.6 Å². The molecule has 2 N–H and O–H groups in total. The molecule has 0 aromatic heterocycles. The fourth-order valence-corrected chi connectivity index (χ4v) is 3.49. The van der Waals surface area contributed by atoms with Crippen molar-refractivity contribution in [2.45, 2.75) is 54.8 Å². The lowest BCUT2D eigenvalue weighted by Gasteiger charge is -2.29. The zero-order chi connectivity index (χ0) is 15.2. The van der Waals surface area contributed by atoms with E-state index in [4.69, 9.17) is 0 Å². The molecule has 0 bridgehead atoms. The number of thioether (sulfide) groups is 1. The molecule has 3 nitrogen and oxygen atoms in total. The maximum absolute atomic E-state index is 12.9. The zero-order valence-electron chi connectivity index (χ0n) is 12.6. The highest BCUT2D eigenvalue weighted by atomic mass is 32.2. The Morgan fingerprint density at radius 2 is 1.76 bits per heavy atom. The number of benzene rings is 1. The Bertz CT molecular complexity index is 458. The van der Waals surface area contributed by atoms with Crippen molar-refractivity contribution in [3.63, 3.8) is 0 Å². The molecule has 1 saturated carbocycles. The second kappa shape index (κ2) is 7.80. The molecular formula is C16H23FN2OS. The second-order valence-electron chi connectivity index (χ2n) is 5.56. The van der Waals surface area contributed by atoms with Crippen molar-refractivity contribution in [2.75, 3.05) is 7.05 Å². The lowest BCUT2D eigenvalue weighted by Crippen LogP contribution is -2.43. The number of amides is 1. The molecule has 1 amide bonds. The van der Waals surface area contributed by atoms with Crippen LogP contribution in [0.2, 0.25) is 0 Å². The molecule has 1 fully saturated rings. The van der Waals surface area contributed by atoms with E-state index in [1.807, 2.05) is 14.0 Å². The Morgan fingerprint density at radius 3 is 2.33 bits per heavy atom. The topological polar surface area (TPSA) is 41.1 Å². The fraction of sp³-hybridized carbons (Fsp3) is 0.562. The van der Waals surface area contributed by atoms with Crippen molar-refractivity contribution in [1.82, 2.24) is 10.6 Å². The van der Waals surface area contributed by atoms with Crippen molar-refractivity contribution >= 4 is 17.7 Å². The highest BCUT2D eigenvalue weighted by molar-refractivity contribution is 8.00. The first kappa shape index (κ1) is 16.3.